The molecule has 1 aliphatic carbocycles. The molecule has 1 fully saturated rings. The van der Waals surface area contributed by atoms with Crippen LogP contribution in [0.3, 0.4) is 0 Å². The average Bonchev–Trinajstić information content (AvgIpc) is 3.38. The summed E-state index contributed by atoms with van der Waals surface area (Å²) < 4.78 is 40.6. The van der Waals surface area contributed by atoms with Crippen LogP contribution in [0.5, 0.6) is 0 Å². The summed E-state index contributed by atoms with van der Waals surface area (Å²) in [5.74, 6) is 0.544. The first-order valence-corrected chi connectivity index (χ1v) is 14.0. The first kappa shape index (κ1) is 26.0. The third kappa shape index (κ3) is 6.99. The van der Waals surface area contributed by atoms with Gasteiger partial charge in [0.2, 0.25) is 10.0 Å². The maximum atomic E-state index is 12.8. The molecule has 0 bridgehead atoms. The smallest absolute Gasteiger partial charge is 0.407 e. The van der Waals surface area contributed by atoms with Gasteiger partial charge in [-0.3, -0.25) is 9.40 Å². The van der Waals surface area contributed by atoms with Crippen molar-refractivity contribution in [2.75, 3.05) is 10.5 Å². The van der Waals surface area contributed by atoms with Gasteiger partial charge in [0.1, 0.15) is 5.60 Å². The normalized spacial score (nSPS) is 15.2. The average molecular weight is 518 g/mol. The second kappa shape index (κ2) is 10.5. The van der Waals surface area contributed by atoms with E-state index in [0.717, 1.165) is 36.8 Å². The highest BCUT2D eigenvalue weighted by molar-refractivity contribution is 7.92. The first-order chi connectivity index (χ1) is 17.0. The topological polar surface area (TPSA) is 128 Å². The predicted molar refractivity (Wildman–Crippen MR) is 137 cm³/mol. The van der Waals surface area contributed by atoms with Gasteiger partial charge >= 0.3 is 6.09 Å². The number of anilines is 1. The number of nitrogens with one attached hydrogen (secondary N) is 2. The molecule has 0 aliphatic heterocycles. The number of benzene rings is 1. The summed E-state index contributed by atoms with van der Waals surface area (Å²) in [7, 11) is -3.52. The van der Waals surface area contributed by atoms with Gasteiger partial charge in [-0.2, -0.15) is 5.10 Å². The van der Waals surface area contributed by atoms with E-state index in [2.05, 4.69) is 20.3 Å². The summed E-state index contributed by atoms with van der Waals surface area (Å²) in [4.78, 5) is 11.9. The SMILES string of the molecule is Cc1cc(Cn2ccc(CNC(=O)OC(C)(C)C)n2)cc2onc(NS(=O)(=O)CC3CCCCC3)c12. The third-order valence-electron chi connectivity index (χ3n) is 6.12. The van der Waals surface area contributed by atoms with Crippen molar-refractivity contribution in [3.8, 4) is 0 Å². The molecule has 0 spiro atoms. The molecule has 0 saturated heterocycles. The van der Waals surface area contributed by atoms with Crippen LogP contribution in [-0.4, -0.2) is 40.8 Å². The zero-order valence-electron chi connectivity index (χ0n) is 21.3. The number of fused-ring (bicyclic) bond motifs is 1. The van der Waals surface area contributed by atoms with Crippen molar-refractivity contribution >= 4 is 32.9 Å². The lowest BCUT2D eigenvalue weighted by molar-refractivity contribution is 0.0522. The van der Waals surface area contributed by atoms with E-state index >= 15 is 0 Å². The Labute approximate surface area is 211 Å². The molecule has 0 atom stereocenters. The minimum absolute atomic E-state index is 0.114. The van der Waals surface area contributed by atoms with Crippen molar-refractivity contribution in [1.82, 2.24) is 20.3 Å². The number of rotatable bonds is 8. The number of hydrogen-bond acceptors (Lipinski definition) is 7. The van der Waals surface area contributed by atoms with Crippen molar-refractivity contribution in [2.24, 2.45) is 5.92 Å². The number of carbonyl (C=O) groups excluding carboxylic acids is 1. The first-order valence-electron chi connectivity index (χ1n) is 12.4. The quantitative estimate of drug-likeness (QED) is 0.442. The van der Waals surface area contributed by atoms with Gasteiger partial charge in [-0.05, 0) is 69.7 Å². The van der Waals surface area contributed by atoms with Crippen LogP contribution in [0.1, 0.15) is 69.7 Å². The molecule has 1 aromatic carbocycles. The minimum atomic E-state index is -3.52. The molecule has 0 unspecified atom stereocenters. The lowest BCUT2D eigenvalue weighted by atomic mass is 9.91. The second-order valence-corrected chi connectivity index (χ2v) is 12.3. The molecule has 0 radical (unpaired) electrons. The van der Waals surface area contributed by atoms with Crippen molar-refractivity contribution in [3.63, 3.8) is 0 Å². The van der Waals surface area contributed by atoms with E-state index in [0.29, 0.717) is 23.2 Å². The number of hydrogen-bond donors (Lipinski definition) is 2. The number of ether oxygens (including phenoxy) is 1. The molecule has 4 rings (SSSR count). The van der Waals surface area contributed by atoms with Crippen LogP contribution in [-0.2, 0) is 27.8 Å². The Hall–Kier alpha value is -3.08. The molecule has 1 saturated carbocycles. The summed E-state index contributed by atoms with van der Waals surface area (Å²) in [6.45, 7) is 8.07. The molecular formula is C25H35N5O5S. The van der Waals surface area contributed by atoms with Crippen LogP contribution in [0.25, 0.3) is 11.0 Å². The van der Waals surface area contributed by atoms with Gasteiger partial charge in [-0.25, -0.2) is 13.2 Å². The maximum absolute atomic E-state index is 12.8. The Bertz CT molecular complexity index is 1320. The van der Waals surface area contributed by atoms with Crippen LogP contribution < -0.4 is 10.0 Å². The van der Waals surface area contributed by atoms with Crippen LogP contribution in [0.4, 0.5) is 10.6 Å². The molecule has 2 heterocycles. The fraction of sp³-hybridized carbons (Fsp3) is 0.560. The molecule has 1 aliphatic rings. The van der Waals surface area contributed by atoms with E-state index in [1.165, 1.54) is 6.42 Å². The lowest BCUT2D eigenvalue weighted by Crippen LogP contribution is -2.32. The maximum Gasteiger partial charge on any atom is 0.407 e. The lowest BCUT2D eigenvalue weighted by Gasteiger charge is -2.21. The van der Waals surface area contributed by atoms with Gasteiger partial charge in [0, 0.05) is 6.20 Å². The van der Waals surface area contributed by atoms with Gasteiger partial charge in [-0.15, -0.1) is 0 Å². The van der Waals surface area contributed by atoms with Gasteiger partial charge in [0.25, 0.3) is 0 Å². The van der Waals surface area contributed by atoms with Crippen LogP contribution in [0.15, 0.2) is 28.9 Å². The summed E-state index contributed by atoms with van der Waals surface area (Å²) in [5.41, 5.74) is 2.45. The standard InChI is InChI=1S/C25H35N5O5S/c1-17-12-19(15-30-11-10-20(27-30)14-26-24(31)34-25(2,3)4)13-21-22(17)23(28-35-21)29-36(32,33)16-18-8-6-5-7-9-18/h10-13,18H,5-9,14-16H2,1-4H3,(H,26,31)(H,28,29). The Balaban J connectivity index is 1.40. The van der Waals surface area contributed by atoms with Gasteiger partial charge < -0.3 is 14.6 Å². The zero-order valence-corrected chi connectivity index (χ0v) is 22.2. The number of aromatic nitrogens is 3. The monoisotopic (exact) mass is 517 g/mol. The number of sulfonamides is 1. The Morgan fingerprint density at radius 3 is 2.69 bits per heavy atom. The molecule has 36 heavy (non-hydrogen) atoms. The van der Waals surface area contributed by atoms with E-state index in [4.69, 9.17) is 9.26 Å². The summed E-state index contributed by atoms with van der Waals surface area (Å²) in [6, 6.07) is 5.64. The number of nitrogens with zero attached hydrogens (tertiary/aromatic N) is 3. The van der Waals surface area contributed by atoms with E-state index in [9.17, 15) is 13.2 Å². The fourth-order valence-electron chi connectivity index (χ4n) is 4.61. The highest BCUT2D eigenvalue weighted by atomic mass is 32.2. The van der Waals surface area contributed by atoms with E-state index in [-0.39, 0.29) is 24.0 Å². The van der Waals surface area contributed by atoms with Crippen molar-refractivity contribution in [1.29, 1.82) is 0 Å². The van der Waals surface area contributed by atoms with Crippen molar-refractivity contribution < 1.29 is 22.5 Å². The summed E-state index contributed by atoms with van der Waals surface area (Å²) >= 11 is 0. The predicted octanol–water partition coefficient (Wildman–Crippen LogP) is 4.73. The molecule has 3 aromatic rings. The summed E-state index contributed by atoms with van der Waals surface area (Å²) in [5, 5.41) is 11.9. The Morgan fingerprint density at radius 2 is 1.97 bits per heavy atom. The van der Waals surface area contributed by atoms with Gasteiger partial charge in [0.15, 0.2) is 11.4 Å². The largest absolute Gasteiger partial charge is 0.444 e. The highest BCUT2D eigenvalue weighted by Gasteiger charge is 2.24. The molecule has 10 nitrogen and oxygen atoms in total. The van der Waals surface area contributed by atoms with Crippen LogP contribution >= 0.6 is 0 Å². The molecule has 1 amide bonds. The highest BCUT2D eigenvalue weighted by Crippen LogP contribution is 2.30. The second-order valence-electron chi connectivity index (χ2n) is 10.6. The minimum Gasteiger partial charge on any atom is -0.444 e. The number of alkyl carbamates (subject to hydrolysis) is 1. The van der Waals surface area contributed by atoms with Crippen LogP contribution in [0, 0.1) is 12.8 Å². The third-order valence-corrected chi connectivity index (χ3v) is 7.53. The molecule has 196 valence electrons. The van der Waals surface area contributed by atoms with Gasteiger partial charge in [0.05, 0.1) is 29.9 Å². The van der Waals surface area contributed by atoms with Crippen LogP contribution in [0.2, 0.25) is 0 Å². The summed E-state index contributed by atoms with van der Waals surface area (Å²) in [6.07, 6.45) is 6.61. The van der Waals surface area contributed by atoms with E-state index in [1.807, 2.05) is 52.1 Å². The van der Waals surface area contributed by atoms with E-state index in [1.54, 1.807) is 4.68 Å². The number of amides is 1. The van der Waals surface area contributed by atoms with Crippen molar-refractivity contribution in [3.05, 3.63) is 41.2 Å². The Morgan fingerprint density at radius 1 is 1.22 bits per heavy atom. The Kier molecular flexibility index (Phi) is 7.58. The molecule has 2 N–H and O–H groups in total. The zero-order chi connectivity index (χ0) is 25.9. The number of aryl methyl sites for hydroxylation is 1. The van der Waals surface area contributed by atoms with Gasteiger partial charge in [-0.1, -0.05) is 30.5 Å². The van der Waals surface area contributed by atoms with Crippen molar-refractivity contribution in [2.45, 2.75) is 78.5 Å². The molecule has 2 aromatic heterocycles. The molecular weight excluding hydrogens is 482 g/mol. The fourth-order valence-corrected chi connectivity index (χ4v) is 6.08. The number of carbonyl (C=O) groups is 1. The van der Waals surface area contributed by atoms with E-state index < -0.39 is 21.7 Å². The molecule has 11 heteroatoms.